The Kier molecular flexibility index (Phi) is 6.30. The second-order valence-corrected chi connectivity index (χ2v) is 8.18. The minimum atomic E-state index is -4.71. The molecule has 0 aliphatic rings. The molecular weight excluding hydrogens is 436 g/mol. The zero-order chi connectivity index (χ0) is 22.6. The molecule has 1 unspecified atom stereocenters. The van der Waals surface area contributed by atoms with E-state index in [4.69, 9.17) is 0 Å². The van der Waals surface area contributed by atoms with Gasteiger partial charge in [0.15, 0.2) is 6.04 Å². The van der Waals surface area contributed by atoms with Gasteiger partial charge in [0.25, 0.3) is 15.9 Å². The van der Waals surface area contributed by atoms with Crippen molar-refractivity contribution in [3.05, 3.63) is 95.8 Å². The summed E-state index contributed by atoms with van der Waals surface area (Å²) in [4.78, 5) is 12.2. The number of hydrogen-bond donors (Lipinski definition) is 2. The molecule has 31 heavy (non-hydrogen) atoms. The first-order valence-electron chi connectivity index (χ1n) is 8.87. The molecule has 1 amide bonds. The van der Waals surface area contributed by atoms with Gasteiger partial charge in [-0.3, -0.25) is 9.52 Å². The second kappa shape index (κ2) is 8.76. The van der Waals surface area contributed by atoms with Gasteiger partial charge in [0.1, 0.15) is 5.82 Å². The quantitative estimate of drug-likeness (QED) is 0.535. The lowest BCUT2D eigenvalue weighted by Gasteiger charge is -2.22. The number of anilines is 1. The highest BCUT2D eigenvalue weighted by molar-refractivity contribution is 7.92. The molecular formula is C21H16F4N2O3S. The summed E-state index contributed by atoms with van der Waals surface area (Å²) in [5, 5.41) is 1.95. The standard InChI is InChI=1S/C21H16F4N2O3S/c22-16-8-12-18(13-9-16)31(29,30)27-17-10-6-15(7-11-17)20(28)26-19(21(23,24)25)14-4-2-1-3-5-14/h1-13,19,27H,(H,26,28). The van der Waals surface area contributed by atoms with E-state index in [1.807, 2.05) is 5.32 Å². The molecule has 0 heterocycles. The van der Waals surface area contributed by atoms with Crippen molar-refractivity contribution in [1.82, 2.24) is 5.32 Å². The lowest BCUT2D eigenvalue weighted by Crippen LogP contribution is -2.38. The molecule has 5 nitrogen and oxygen atoms in total. The third-order valence-electron chi connectivity index (χ3n) is 4.26. The van der Waals surface area contributed by atoms with Crippen LogP contribution in [0, 0.1) is 5.82 Å². The monoisotopic (exact) mass is 452 g/mol. The fourth-order valence-electron chi connectivity index (χ4n) is 2.73. The van der Waals surface area contributed by atoms with Crippen LogP contribution in [0.15, 0.2) is 83.8 Å². The highest BCUT2D eigenvalue weighted by Gasteiger charge is 2.41. The molecule has 3 aromatic carbocycles. The van der Waals surface area contributed by atoms with E-state index in [2.05, 4.69) is 4.72 Å². The van der Waals surface area contributed by atoms with Gasteiger partial charge in [-0.2, -0.15) is 13.2 Å². The average Bonchev–Trinajstić information content (AvgIpc) is 2.72. The smallest absolute Gasteiger partial charge is 0.337 e. The van der Waals surface area contributed by atoms with E-state index in [0.717, 1.165) is 24.3 Å². The van der Waals surface area contributed by atoms with Crippen LogP contribution in [0.3, 0.4) is 0 Å². The Hall–Kier alpha value is -3.40. The predicted molar refractivity (Wildman–Crippen MR) is 106 cm³/mol. The topological polar surface area (TPSA) is 75.3 Å². The number of halogens is 4. The van der Waals surface area contributed by atoms with Crippen molar-refractivity contribution >= 4 is 21.6 Å². The van der Waals surface area contributed by atoms with Crippen molar-refractivity contribution in [1.29, 1.82) is 0 Å². The van der Waals surface area contributed by atoms with E-state index in [1.165, 1.54) is 48.5 Å². The van der Waals surface area contributed by atoms with E-state index in [1.54, 1.807) is 6.07 Å². The Labute approximate surface area is 175 Å². The fourth-order valence-corrected chi connectivity index (χ4v) is 3.79. The highest BCUT2D eigenvalue weighted by Crippen LogP contribution is 2.32. The number of alkyl halides is 3. The van der Waals surface area contributed by atoms with Gasteiger partial charge in [0.2, 0.25) is 0 Å². The van der Waals surface area contributed by atoms with E-state index in [0.29, 0.717) is 0 Å². The largest absolute Gasteiger partial charge is 0.412 e. The number of amides is 1. The molecule has 3 rings (SSSR count). The fraction of sp³-hybridized carbons (Fsp3) is 0.0952. The van der Waals surface area contributed by atoms with Gasteiger partial charge in [-0.05, 0) is 54.1 Å². The molecule has 10 heteroatoms. The van der Waals surface area contributed by atoms with Crippen LogP contribution < -0.4 is 10.0 Å². The minimum Gasteiger partial charge on any atom is -0.337 e. The number of rotatable bonds is 6. The molecule has 0 saturated carbocycles. The summed E-state index contributed by atoms with van der Waals surface area (Å²) in [7, 11) is -4.00. The summed E-state index contributed by atoms with van der Waals surface area (Å²) in [5.41, 5.74) is -0.127. The van der Waals surface area contributed by atoms with Gasteiger partial charge >= 0.3 is 6.18 Å². The molecule has 0 radical (unpaired) electrons. The number of carbonyl (C=O) groups is 1. The van der Waals surface area contributed by atoms with Crippen molar-refractivity contribution < 1.29 is 30.8 Å². The van der Waals surface area contributed by atoms with Crippen molar-refractivity contribution in [3.63, 3.8) is 0 Å². The van der Waals surface area contributed by atoms with Crippen LogP contribution in [0.1, 0.15) is 22.0 Å². The molecule has 0 aliphatic heterocycles. The second-order valence-electron chi connectivity index (χ2n) is 6.50. The van der Waals surface area contributed by atoms with Gasteiger partial charge < -0.3 is 5.32 Å². The van der Waals surface area contributed by atoms with Gasteiger partial charge in [-0.15, -0.1) is 0 Å². The van der Waals surface area contributed by atoms with Crippen LogP contribution in [-0.2, 0) is 10.0 Å². The highest BCUT2D eigenvalue weighted by atomic mass is 32.2. The van der Waals surface area contributed by atoms with Crippen LogP contribution in [0.5, 0.6) is 0 Å². The zero-order valence-electron chi connectivity index (χ0n) is 15.7. The Morgan fingerprint density at radius 2 is 1.42 bits per heavy atom. The summed E-state index contributed by atoms with van der Waals surface area (Å²) >= 11 is 0. The van der Waals surface area contributed by atoms with Crippen molar-refractivity contribution in [2.75, 3.05) is 4.72 Å². The minimum absolute atomic E-state index is 0.0799. The molecule has 1 atom stereocenters. The number of sulfonamides is 1. The van der Waals surface area contributed by atoms with Crippen LogP contribution in [0.2, 0.25) is 0 Å². The molecule has 3 aromatic rings. The summed E-state index contributed by atoms with van der Waals surface area (Å²) in [6.07, 6.45) is -4.71. The predicted octanol–water partition coefficient (Wildman–Crippen LogP) is 4.66. The van der Waals surface area contributed by atoms with Gasteiger partial charge in [-0.25, -0.2) is 12.8 Å². The lowest BCUT2D eigenvalue weighted by molar-refractivity contribution is -0.155. The number of nitrogens with one attached hydrogen (secondary N) is 2. The van der Waals surface area contributed by atoms with E-state index >= 15 is 0 Å². The molecule has 0 saturated heterocycles. The van der Waals surface area contributed by atoms with Gasteiger partial charge in [0, 0.05) is 11.3 Å². The van der Waals surface area contributed by atoms with E-state index in [9.17, 15) is 30.8 Å². The Morgan fingerprint density at radius 3 is 1.97 bits per heavy atom. The summed E-state index contributed by atoms with van der Waals surface area (Å²) in [6, 6.07) is 13.7. The maximum atomic E-state index is 13.4. The Morgan fingerprint density at radius 1 is 0.839 bits per heavy atom. The number of hydrogen-bond acceptors (Lipinski definition) is 3. The molecule has 2 N–H and O–H groups in total. The molecule has 0 aliphatic carbocycles. The Balaban J connectivity index is 1.74. The van der Waals surface area contributed by atoms with E-state index < -0.39 is 34.0 Å². The van der Waals surface area contributed by atoms with E-state index in [-0.39, 0.29) is 21.7 Å². The lowest BCUT2D eigenvalue weighted by atomic mass is 10.1. The first-order chi connectivity index (χ1) is 14.6. The maximum absolute atomic E-state index is 13.4. The van der Waals surface area contributed by atoms with Crippen molar-refractivity contribution in [3.8, 4) is 0 Å². The number of benzene rings is 3. The molecule has 0 spiro atoms. The maximum Gasteiger partial charge on any atom is 0.412 e. The first-order valence-corrected chi connectivity index (χ1v) is 10.4. The summed E-state index contributed by atoms with van der Waals surface area (Å²) < 4.78 is 80.0. The van der Waals surface area contributed by atoms with Crippen molar-refractivity contribution in [2.45, 2.75) is 17.1 Å². The number of carbonyl (C=O) groups excluding carboxylic acids is 1. The van der Waals surface area contributed by atoms with Crippen LogP contribution >= 0.6 is 0 Å². The SMILES string of the molecule is O=C(NC(c1ccccc1)C(F)(F)F)c1ccc(NS(=O)(=O)c2ccc(F)cc2)cc1. The normalized spacial score (nSPS) is 12.8. The molecule has 0 fully saturated rings. The first kappa shape index (κ1) is 22.3. The molecule has 0 bridgehead atoms. The van der Waals surface area contributed by atoms with Crippen LogP contribution in [-0.4, -0.2) is 20.5 Å². The van der Waals surface area contributed by atoms with Crippen molar-refractivity contribution in [2.24, 2.45) is 0 Å². The van der Waals surface area contributed by atoms with Crippen LogP contribution in [0.4, 0.5) is 23.2 Å². The van der Waals surface area contributed by atoms with Gasteiger partial charge in [-0.1, -0.05) is 30.3 Å². The molecule has 0 aromatic heterocycles. The summed E-state index contributed by atoms with van der Waals surface area (Å²) in [6.45, 7) is 0. The van der Waals surface area contributed by atoms with Crippen LogP contribution in [0.25, 0.3) is 0 Å². The average molecular weight is 452 g/mol. The Bertz CT molecular complexity index is 1150. The third-order valence-corrected chi connectivity index (χ3v) is 5.66. The molecule has 162 valence electrons. The summed E-state index contributed by atoms with van der Waals surface area (Å²) in [5.74, 6) is -1.57. The zero-order valence-corrected chi connectivity index (χ0v) is 16.5. The third kappa shape index (κ3) is 5.60. The van der Waals surface area contributed by atoms with Gasteiger partial charge in [0.05, 0.1) is 4.90 Å².